The molecule has 1 atom stereocenters. The van der Waals surface area contributed by atoms with Crippen LogP contribution in [0, 0.1) is 20.8 Å². The quantitative estimate of drug-likeness (QED) is 0.877. The molecule has 21 heavy (non-hydrogen) atoms. The third-order valence-corrected chi connectivity index (χ3v) is 5.18. The van der Waals surface area contributed by atoms with Gasteiger partial charge in [0.2, 0.25) is 0 Å². The standard InChI is InChI=1S/C18H26N2O/c1-12-9-13(2)16(14(3)10-12)17(21)20-15-5-8-19-18(11-15)6-4-7-18/h9-10,15,19H,4-8,11H2,1-3H3,(H,20,21). The zero-order chi connectivity index (χ0) is 15.0. The van der Waals surface area contributed by atoms with Gasteiger partial charge in [-0.05, 0) is 70.5 Å². The topological polar surface area (TPSA) is 41.1 Å². The van der Waals surface area contributed by atoms with Crippen LogP contribution in [-0.4, -0.2) is 24.0 Å². The molecule has 3 heteroatoms. The Morgan fingerprint density at radius 3 is 2.48 bits per heavy atom. The van der Waals surface area contributed by atoms with E-state index in [0.717, 1.165) is 36.1 Å². The number of benzene rings is 1. The Balaban J connectivity index is 1.72. The largest absolute Gasteiger partial charge is 0.349 e. The smallest absolute Gasteiger partial charge is 0.252 e. The van der Waals surface area contributed by atoms with Crippen molar-refractivity contribution in [2.45, 2.75) is 64.5 Å². The van der Waals surface area contributed by atoms with Crippen molar-refractivity contribution < 1.29 is 4.79 Å². The van der Waals surface area contributed by atoms with Crippen molar-refractivity contribution in [3.05, 3.63) is 34.4 Å². The molecule has 114 valence electrons. The predicted octanol–water partition coefficient (Wildman–Crippen LogP) is 3.02. The van der Waals surface area contributed by atoms with E-state index in [2.05, 4.69) is 29.7 Å². The fraction of sp³-hybridized carbons (Fsp3) is 0.611. The molecule has 1 heterocycles. The minimum absolute atomic E-state index is 0.103. The highest BCUT2D eigenvalue weighted by Gasteiger charge is 2.41. The molecule has 1 unspecified atom stereocenters. The van der Waals surface area contributed by atoms with Crippen molar-refractivity contribution >= 4 is 5.91 Å². The number of amides is 1. The van der Waals surface area contributed by atoms with E-state index in [0.29, 0.717) is 11.6 Å². The summed E-state index contributed by atoms with van der Waals surface area (Å²) >= 11 is 0. The second kappa shape index (κ2) is 5.45. The lowest BCUT2D eigenvalue weighted by molar-refractivity contribution is 0.0852. The Morgan fingerprint density at radius 2 is 1.90 bits per heavy atom. The van der Waals surface area contributed by atoms with Gasteiger partial charge < -0.3 is 10.6 Å². The van der Waals surface area contributed by atoms with Gasteiger partial charge in [0.1, 0.15) is 0 Å². The highest BCUT2D eigenvalue weighted by molar-refractivity contribution is 5.97. The van der Waals surface area contributed by atoms with Crippen LogP contribution < -0.4 is 10.6 Å². The molecule has 3 nitrogen and oxygen atoms in total. The van der Waals surface area contributed by atoms with Gasteiger partial charge in [-0.15, -0.1) is 0 Å². The second-order valence-corrected chi connectivity index (χ2v) is 7.00. The summed E-state index contributed by atoms with van der Waals surface area (Å²) < 4.78 is 0. The van der Waals surface area contributed by atoms with Crippen molar-refractivity contribution in [3.63, 3.8) is 0 Å². The number of piperidine rings is 1. The minimum Gasteiger partial charge on any atom is -0.349 e. The second-order valence-electron chi connectivity index (χ2n) is 7.00. The number of hydrogen-bond donors (Lipinski definition) is 2. The molecule has 3 rings (SSSR count). The lowest BCUT2D eigenvalue weighted by Gasteiger charge is -2.48. The van der Waals surface area contributed by atoms with Gasteiger partial charge in [0.15, 0.2) is 0 Å². The molecular formula is C18H26N2O. The number of aryl methyl sites for hydroxylation is 3. The molecular weight excluding hydrogens is 260 g/mol. The summed E-state index contributed by atoms with van der Waals surface area (Å²) in [6.45, 7) is 7.17. The zero-order valence-electron chi connectivity index (χ0n) is 13.4. The summed E-state index contributed by atoms with van der Waals surface area (Å²) in [7, 11) is 0. The number of carbonyl (C=O) groups is 1. The molecule has 2 fully saturated rings. The summed E-state index contributed by atoms with van der Waals surface area (Å²) in [6.07, 6.45) is 5.98. The highest BCUT2D eigenvalue weighted by atomic mass is 16.1. The normalized spacial score (nSPS) is 23.7. The molecule has 1 saturated heterocycles. The Labute approximate surface area is 127 Å². The van der Waals surface area contributed by atoms with Crippen LogP contribution in [0.15, 0.2) is 12.1 Å². The van der Waals surface area contributed by atoms with Crippen LogP contribution in [0.2, 0.25) is 0 Å². The Kier molecular flexibility index (Phi) is 3.78. The third kappa shape index (κ3) is 2.84. The Hall–Kier alpha value is -1.35. The van der Waals surface area contributed by atoms with Gasteiger partial charge in [0.05, 0.1) is 0 Å². The van der Waals surface area contributed by atoms with Crippen LogP contribution in [-0.2, 0) is 0 Å². The Bertz CT molecular complexity index is 537. The van der Waals surface area contributed by atoms with E-state index in [1.165, 1.54) is 24.8 Å². The van der Waals surface area contributed by atoms with E-state index < -0.39 is 0 Å². The van der Waals surface area contributed by atoms with Crippen molar-refractivity contribution in [1.29, 1.82) is 0 Å². The molecule has 1 saturated carbocycles. The van der Waals surface area contributed by atoms with Crippen LogP contribution in [0.25, 0.3) is 0 Å². The van der Waals surface area contributed by atoms with Crippen LogP contribution in [0.4, 0.5) is 0 Å². The summed E-state index contributed by atoms with van der Waals surface area (Å²) in [5.41, 5.74) is 4.57. The van der Waals surface area contributed by atoms with Crippen molar-refractivity contribution in [2.75, 3.05) is 6.54 Å². The minimum atomic E-state index is 0.103. The summed E-state index contributed by atoms with van der Waals surface area (Å²) in [4.78, 5) is 12.7. The summed E-state index contributed by atoms with van der Waals surface area (Å²) in [6, 6.07) is 4.51. The first-order chi connectivity index (χ1) is 9.99. The first-order valence-corrected chi connectivity index (χ1v) is 8.13. The van der Waals surface area contributed by atoms with Gasteiger partial charge in [0, 0.05) is 17.1 Å². The molecule has 1 amide bonds. The molecule has 1 aliphatic carbocycles. The molecule has 1 aromatic rings. The van der Waals surface area contributed by atoms with Gasteiger partial charge >= 0.3 is 0 Å². The average Bonchev–Trinajstić information content (AvgIpc) is 2.35. The summed E-state index contributed by atoms with van der Waals surface area (Å²) in [5, 5.41) is 6.93. The summed E-state index contributed by atoms with van der Waals surface area (Å²) in [5.74, 6) is 0.103. The number of carbonyl (C=O) groups excluding carboxylic acids is 1. The van der Waals surface area contributed by atoms with Gasteiger partial charge in [-0.1, -0.05) is 17.7 Å². The maximum atomic E-state index is 12.7. The SMILES string of the molecule is Cc1cc(C)c(C(=O)NC2CCNC3(CCC3)C2)c(C)c1. The molecule has 0 radical (unpaired) electrons. The van der Waals surface area contributed by atoms with E-state index in [1.807, 2.05) is 13.8 Å². The molecule has 1 aliphatic heterocycles. The van der Waals surface area contributed by atoms with Crippen LogP contribution in [0.3, 0.4) is 0 Å². The molecule has 2 aliphatic rings. The first kappa shape index (κ1) is 14.6. The maximum absolute atomic E-state index is 12.7. The van der Waals surface area contributed by atoms with Gasteiger partial charge in [0.25, 0.3) is 5.91 Å². The third-order valence-electron chi connectivity index (χ3n) is 5.18. The fourth-order valence-corrected chi connectivity index (χ4v) is 4.06. The highest BCUT2D eigenvalue weighted by Crippen LogP contribution is 2.38. The first-order valence-electron chi connectivity index (χ1n) is 8.13. The number of rotatable bonds is 2. The number of nitrogens with one attached hydrogen (secondary N) is 2. The molecule has 1 spiro atoms. The molecule has 0 bridgehead atoms. The van der Waals surface area contributed by atoms with E-state index in [1.54, 1.807) is 0 Å². The van der Waals surface area contributed by atoms with Crippen LogP contribution in [0.1, 0.15) is 59.2 Å². The van der Waals surface area contributed by atoms with Gasteiger partial charge in [-0.2, -0.15) is 0 Å². The zero-order valence-corrected chi connectivity index (χ0v) is 13.4. The van der Waals surface area contributed by atoms with Crippen LogP contribution >= 0.6 is 0 Å². The lowest BCUT2D eigenvalue weighted by Crippen LogP contribution is -2.59. The average molecular weight is 286 g/mol. The van der Waals surface area contributed by atoms with E-state index in [-0.39, 0.29) is 5.91 Å². The molecule has 2 N–H and O–H groups in total. The van der Waals surface area contributed by atoms with Gasteiger partial charge in [-0.25, -0.2) is 0 Å². The molecule has 1 aromatic carbocycles. The molecule has 0 aromatic heterocycles. The predicted molar refractivity (Wildman–Crippen MR) is 85.7 cm³/mol. The van der Waals surface area contributed by atoms with E-state index in [4.69, 9.17) is 0 Å². The number of hydrogen-bond acceptors (Lipinski definition) is 2. The van der Waals surface area contributed by atoms with Crippen molar-refractivity contribution in [1.82, 2.24) is 10.6 Å². The van der Waals surface area contributed by atoms with E-state index in [9.17, 15) is 4.79 Å². The maximum Gasteiger partial charge on any atom is 0.252 e. The Morgan fingerprint density at radius 1 is 1.24 bits per heavy atom. The lowest BCUT2D eigenvalue weighted by atomic mass is 9.70. The fourth-order valence-electron chi connectivity index (χ4n) is 4.06. The van der Waals surface area contributed by atoms with Crippen LogP contribution in [0.5, 0.6) is 0 Å². The van der Waals surface area contributed by atoms with Crippen molar-refractivity contribution in [3.8, 4) is 0 Å². The van der Waals surface area contributed by atoms with E-state index >= 15 is 0 Å². The monoisotopic (exact) mass is 286 g/mol. The van der Waals surface area contributed by atoms with Gasteiger partial charge in [-0.3, -0.25) is 4.79 Å². The van der Waals surface area contributed by atoms with Crippen molar-refractivity contribution in [2.24, 2.45) is 0 Å².